The zero-order valence-electron chi connectivity index (χ0n) is 25.8. The molecule has 1 saturated heterocycles. The Hall–Kier alpha value is -2.12. The molecule has 1 amide bonds. The van der Waals surface area contributed by atoms with E-state index in [1.807, 2.05) is 13.8 Å². The van der Waals surface area contributed by atoms with Crippen LogP contribution in [0.4, 0.5) is 8.78 Å². The number of alkyl halides is 2. The molecule has 2 aliphatic heterocycles. The van der Waals surface area contributed by atoms with E-state index in [9.17, 15) is 13.6 Å². The van der Waals surface area contributed by atoms with Gasteiger partial charge in [-0.2, -0.15) is 0 Å². The number of hydrogen-bond donors (Lipinski definition) is 1. The van der Waals surface area contributed by atoms with Crippen molar-refractivity contribution in [2.24, 2.45) is 5.92 Å². The van der Waals surface area contributed by atoms with Gasteiger partial charge in [-0.1, -0.05) is 57.5 Å². The Bertz CT molecular complexity index is 932. The number of rotatable bonds is 7. The van der Waals surface area contributed by atoms with Gasteiger partial charge in [-0.25, -0.2) is 8.78 Å². The second-order valence-corrected chi connectivity index (χ2v) is 11.3. The predicted molar refractivity (Wildman–Crippen MR) is 166 cm³/mol. The zero-order valence-corrected chi connectivity index (χ0v) is 26.6. The first kappa shape index (κ1) is 35.9. The average molecular weight is 579 g/mol. The van der Waals surface area contributed by atoms with E-state index in [2.05, 4.69) is 86.9 Å². The molecular weight excluding hydrogens is 526 g/mol. The van der Waals surface area contributed by atoms with Crippen molar-refractivity contribution >= 4 is 18.4 Å². The van der Waals surface area contributed by atoms with Crippen molar-refractivity contribution in [1.82, 2.24) is 9.62 Å². The number of benzene rings is 1. The third-order valence-corrected chi connectivity index (χ3v) is 8.08. The van der Waals surface area contributed by atoms with E-state index in [1.165, 1.54) is 29.7 Å². The lowest BCUT2D eigenvalue weighted by Gasteiger charge is -2.30. The van der Waals surface area contributed by atoms with E-state index in [0.717, 1.165) is 49.4 Å². The number of hydrogen-bond acceptors (Lipinski definition) is 4. The van der Waals surface area contributed by atoms with Gasteiger partial charge in [0.2, 0.25) is 12.3 Å². The van der Waals surface area contributed by atoms with Gasteiger partial charge < -0.3 is 10.1 Å². The SMILES string of the molecule is CC.CC/C=C\CC.CC1=C(C)N(Sc2ccc(C)cc2)C=C(C2CCC(F)(F)C2)C1.O=CNC1CCOCC1. The smallest absolute Gasteiger partial charge is 0.248 e. The maximum Gasteiger partial charge on any atom is 0.248 e. The molecule has 1 aromatic rings. The largest absolute Gasteiger partial charge is 0.381 e. The Labute approximate surface area is 246 Å². The second-order valence-electron chi connectivity index (χ2n) is 10.2. The molecule has 0 aromatic heterocycles. The topological polar surface area (TPSA) is 41.6 Å². The summed E-state index contributed by atoms with van der Waals surface area (Å²) in [7, 11) is 0. The molecule has 0 radical (unpaired) electrons. The number of nitrogens with zero attached hydrogens (tertiary/aromatic N) is 1. The number of ether oxygens (including phenoxy) is 1. The summed E-state index contributed by atoms with van der Waals surface area (Å²) in [4.78, 5) is 11.1. The quantitative estimate of drug-likeness (QED) is 0.199. The first-order chi connectivity index (χ1) is 19.2. The maximum atomic E-state index is 13.5. The number of carbonyl (C=O) groups is 1. The Morgan fingerprint density at radius 2 is 1.62 bits per heavy atom. The molecule has 1 unspecified atom stereocenters. The van der Waals surface area contributed by atoms with E-state index in [4.69, 9.17) is 4.74 Å². The van der Waals surface area contributed by atoms with Crippen LogP contribution < -0.4 is 5.32 Å². The van der Waals surface area contributed by atoms with Crippen molar-refractivity contribution in [3.8, 4) is 0 Å². The van der Waals surface area contributed by atoms with Crippen LogP contribution in [-0.4, -0.2) is 35.9 Å². The fourth-order valence-electron chi connectivity index (χ4n) is 4.53. The lowest BCUT2D eigenvalue weighted by atomic mass is 9.90. The highest BCUT2D eigenvalue weighted by atomic mass is 32.2. The van der Waals surface area contributed by atoms with Crippen LogP contribution in [0.3, 0.4) is 0 Å². The van der Waals surface area contributed by atoms with Crippen LogP contribution in [0.1, 0.15) is 98.5 Å². The van der Waals surface area contributed by atoms with Crippen LogP contribution >= 0.6 is 11.9 Å². The summed E-state index contributed by atoms with van der Waals surface area (Å²) < 4.78 is 34.3. The number of halogens is 2. The average Bonchev–Trinajstić information content (AvgIpc) is 3.33. The van der Waals surface area contributed by atoms with E-state index < -0.39 is 5.92 Å². The van der Waals surface area contributed by atoms with Gasteiger partial charge in [-0.3, -0.25) is 9.10 Å². The number of aryl methyl sites for hydroxylation is 1. The van der Waals surface area contributed by atoms with E-state index in [1.54, 1.807) is 11.9 Å². The van der Waals surface area contributed by atoms with Crippen LogP contribution in [-0.2, 0) is 9.53 Å². The molecule has 4 nitrogen and oxygen atoms in total. The molecule has 3 aliphatic rings. The summed E-state index contributed by atoms with van der Waals surface area (Å²) in [5, 5.41) is 2.72. The molecule has 2 heterocycles. The van der Waals surface area contributed by atoms with Gasteiger partial charge in [0.1, 0.15) is 0 Å². The Kier molecular flexibility index (Phi) is 17.8. The Balaban J connectivity index is 0.000000387. The monoisotopic (exact) mass is 578 g/mol. The molecule has 226 valence electrons. The van der Waals surface area contributed by atoms with Crippen molar-refractivity contribution in [2.75, 3.05) is 13.2 Å². The molecule has 1 aromatic carbocycles. The standard InChI is InChI=1S/C19H23F2NS.C6H11NO2.C6H12.C2H6/c1-13-4-6-18(7-5-13)23-22-12-17(10-14(2)15(22)3)16-8-9-19(20,21)11-16;8-5-7-6-1-3-9-4-2-6;1-3-5-6-4-2;1-2/h4-7,12,16H,8-11H2,1-3H3;5-6H,1-4H2,(H,7,8);5-6H,3-4H2,1-2H3;1-2H3/b;;6-5-;. The van der Waals surface area contributed by atoms with Gasteiger partial charge in [-0.05, 0) is 100 Å². The van der Waals surface area contributed by atoms with Crippen LogP contribution in [0.25, 0.3) is 0 Å². The van der Waals surface area contributed by atoms with Crippen molar-refractivity contribution in [3.05, 3.63) is 65.0 Å². The summed E-state index contributed by atoms with van der Waals surface area (Å²) in [6.07, 6.45) is 13.0. The first-order valence-corrected chi connectivity index (χ1v) is 15.7. The summed E-state index contributed by atoms with van der Waals surface area (Å²) in [6, 6.07) is 8.76. The fraction of sp³-hybridized carbons (Fsp3) is 0.606. The molecule has 0 spiro atoms. The molecule has 4 rings (SSSR count). The fourth-order valence-corrected chi connectivity index (χ4v) is 5.50. The first-order valence-electron chi connectivity index (χ1n) is 14.9. The zero-order chi connectivity index (χ0) is 30.0. The molecule has 1 saturated carbocycles. The van der Waals surface area contributed by atoms with Crippen LogP contribution in [0.2, 0.25) is 0 Å². The molecule has 1 atom stereocenters. The van der Waals surface area contributed by atoms with Gasteiger partial charge in [-0.15, -0.1) is 0 Å². The number of carbonyl (C=O) groups excluding carboxylic acids is 1. The molecule has 1 N–H and O–H groups in total. The van der Waals surface area contributed by atoms with Crippen LogP contribution in [0.15, 0.2) is 64.4 Å². The predicted octanol–water partition coefficient (Wildman–Crippen LogP) is 9.62. The van der Waals surface area contributed by atoms with Crippen molar-refractivity contribution in [1.29, 1.82) is 0 Å². The van der Waals surface area contributed by atoms with Gasteiger partial charge >= 0.3 is 0 Å². The lowest BCUT2D eigenvalue weighted by Crippen LogP contribution is -2.33. The minimum absolute atomic E-state index is 0.00813. The lowest BCUT2D eigenvalue weighted by molar-refractivity contribution is -0.110. The molecular formula is C33H52F2N2O2S. The number of allylic oxidation sites excluding steroid dienone is 5. The van der Waals surface area contributed by atoms with Gasteiger partial charge in [0, 0.05) is 48.9 Å². The van der Waals surface area contributed by atoms with Crippen LogP contribution in [0, 0.1) is 12.8 Å². The van der Waals surface area contributed by atoms with Crippen LogP contribution in [0.5, 0.6) is 0 Å². The number of nitrogens with one attached hydrogen (secondary N) is 1. The van der Waals surface area contributed by atoms with Crippen molar-refractivity contribution in [2.45, 2.75) is 117 Å². The normalized spacial score (nSPS) is 20.4. The molecule has 40 heavy (non-hydrogen) atoms. The van der Waals surface area contributed by atoms with E-state index >= 15 is 0 Å². The highest BCUT2D eigenvalue weighted by Gasteiger charge is 2.41. The summed E-state index contributed by atoms with van der Waals surface area (Å²) in [5.41, 5.74) is 4.88. The Morgan fingerprint density at radius 3 is 2.12 bits per heavy atom. The van der Waals surface area contributed by atoms with Crippen molar-refractivity contribution in [3.63, 3.8) is 0 Å². The second kappa shape index (κ2) is 19.9. The van der Waals surface area contributed by atoms with E-state index in [-0.39, 0.29) is 18.8 Å². The van der Waals surface area contributed by atoms with E-state index in [0.29, 0.717) is 12.5 Å². The summed E-state index contributed by atoms with van der Waals surface area (Å²) in [6.45, 7) is 16.1. The highest BCUT2D eigenvalue weighted by Crippen LogP contribution is 2.46. The Morgan fingerprint density at radius 1 is 1.02 bits per heavy atom. The highest BCUT2D eigenvalue weighted by molar-refractivity contribution is 7.97. The van der Waals surface area contributed by atoms with Gasteiger partial charge in [0.15, 0.2) is 0 Å². The van der Waals surface area contributed by atoms with Gasteiger partial charge in [0.25, 0.3) is 0 Å². The summed E-state index contributed by atoms with van der Waals surface area (Å²) in [5.74, 6) is -2.46. The number of amides is 1. The maximum absolute atomic E-state index is 13.5. The van der Waals surface area contributed by atoms with Gasteiger partial charge in [0.05, 0.1) is 0 Å². The molecule has 2 fully saturated rings. The minimum atomic E-state index is -2.48. The summed E-state index contributed by atoms with van der Waals surface area (Å²) >= 11 is 1.66. The molecule has 7 heteroatoms. The third-order valence-electron chi connectivity index (χ3n) is 7.02. The third kappa shape index (κ3) is 13.5. The van der Waals surface area contributed by atoms with Crippen molar-refractivity contribution < 1.29 is 18.3 Å². The molecule has 0 bridgehead atoms. The minimum Gasteiger partial charge on any atom is -0.381 e. The molecule has 1 aliphatic carbocycles.